The molecule has 0 aliphatic rings. The summed E-state index contributed by atoms with van der Waals surface area (Å²) in [4.78, 5) is 48.8. The molecule has 12 aromatic heterocycles. The summed E-state index contributed by atoms with van der Waals surface area (Å²) in [7, 11) is 0. The van der Waals surface area contributed by atoms with E-state index in [9.17, 15) is 0 Å². The van der Waals surface area contributed by atoms with Crippen LogP contribution in [-0.2, 0) is 0 Å². The van der Waals surface area contributed by atoms with Crippen molar-refractivity contribution in [3.63, 3.8) is 0 Å². The van der Waals surface area contributed by atoms with Gasteiger partial charge in [-0.3, -0.25) is 33.6 Å². The van der Waals surface area contributed by atoms with Gasteiger partial charge in [-0.1, -0.05) is 294 Å². The van der Waals surface area contributed by atoms with Crippen molar-refractivity contribution >= 4 is 162 Å². The van der Waals surface area contributed by atoms with E-state index in [0.29, 0.717) is 11.9 Å². The summed E-state index contributed by atoms with van der Waals surface area (Å²) < 4.78 is 12.8. The lowest BCUT2D eigenvalue weighted by Gasteiger charge is -2.13. The maximum Gasteiger partial charge on any atom is 0.235 e. The molecule has 0 aliphatic carbocycles. The maximum absolute atomic E-state index is 5.12. The molecule has 0 radical (unpaired) electrons. The molecule has 24 rings (SSSR count). The molecule has 126 heavy (non-hydrogen) atoms. The summed E-state index contributed by atoms with van der Waals surface area (Å²) in [5.41, 5.74) is 28.4. The van der Waals surface area contributed by atoms with E-state index in [-0.39, 0.29) is 0 Å². The highest BCUT2D eigenvalue weighted by Crippen LogP contribution is 2.41. The maximum atomic E-state index is 5.12. The molecule has 18 heteroatoms. The van der Waals surface area contributed by atoms with Gasteiger partial charge in [-0.15, -0.1) is 0 Å². The highest BCUT2D eigenvalue weighted by molar-refractivity contribution is 9.11. The van der Waals surface area contributed by atoms with Crippen LogP contribution in [0.4, 0.5) is 0 Å². The highest BCUT2D eigenvalue weighted by atomic mass is 79.9. The van der Waals surface area contributed by atoms with Gasteiger partial charge >= 0.3 is 0 Å². The number of halogens is 4. The monoisotopic (exact) mass is 1880 g/mol. The second kappa shape index (κ2) is 34.4. The molecule has 0 saturated carbocycles. The van der Waals surface area contributed by atoms with Crippen molar-refractivity contribution < 1.29 is 0 Å². The Balaban J connectivity index is 0.000000103. The van der Waals surface area contributed by atoms with Gasteiger partial charge in [-0.25, -0.2) is 29.9 Å². The lowest BCUT2D eigenvalue weighted by molar-refractivity contribution is 0.994. The van der Waals surface area contributed by atoms with Gasteiger partial charge in [0.2, 0.25) is 11.9 Å². The Labute approximate surface area is 757 Å². The van der Waals surface area contributed by atoms with Crippen LogP contribution in [0.1, 0.15) is 0 Å². The Kier molecular flexibility index (Phi) is 21.4. The first-order chi connectivity index (χ1) is 62.1. The largest absolute Gasteiger partial charge is 0.307 e. The molecule has 598 valence electrons. The van der Waals surface area contributed by atoms with Gasteiger partial charge in [-0.05, 0) is 169 Å². The first kappa shape index (κ1) is 78.3. The third-order valence-corrected chi connectivity index (χ3v) is 24.2. The van der Waals surface area contributed by atoms with Gasteiger partial charge in [0.05, 0.1) is 112 Å². The molecule has 14 nitrogen and oxygen atoms in total. The Hall–Kier alpha value is -14.9. The molecule has 0 spiro atoms. The zero-order chi connectivity index (χ0) is 84.6. The highest BCUT2D eigenvalue weighted by Gasteiger charge is 2.24. The Morgan fingerprint density at radius 3 is 0.913 bits per heavy atom. The first-order valence-electron chi connectivity index (χ1n) is 40.9. The van der Waals surface area contributed by atoms with Crippen LogP contribution in [0, 0.1) is 0 Å². The number of hydrogen-bond acceptors (Lipinski definition) is 10. The molecule has 0 atom stereocenters. The average Bonchev–Trinajstić information content (AvgIpc) is 1.59. The fraction of sp³-hybridized carbons (Fsp3) is 0. The molecule has 0 amide bonds. The van der Waals surface area contributed by atoms with Crippen molar-refractivity contribution in [3.8, 4) is 102 Å². The fourth-order valence-electron chi connectivity index (χ4n) is 16.6. The summed E-state index contributed by atoms with van der Waals surface area (Å²) in [5, 5.41) is 5.38. The predicted molar refractivity (Wildman–Crippen MR) is 527 cm³/mol. The van der Waals surface area contributed by atoms with Crippen LogP contribution in [0.3, 0.4) is 0 Å². The van der Waals surface area contributed by atoms with E-state index in [1.54, 1.807) is 0 Å². The third kappa shape index (κ3) is 15.4. The van der Waals surface area contributed by atoms with Crippen LogP contribution in [0.5, 0.6) is 0 Å². The minimum Gasteiger partial charge on any atom is -0.307 e. The summed E-state index contributed by atoms with van der Waals surface area (Å²) in [6, 6.07) is 132. The molecule has 0 fully saturated rings. The molecule has 0 aliphatic heterocycles. The van der Waals surface area contributed by atoms with Gasteiger partial charge in [0, 0.05) is 103 Å². The molecule has 12 aromatic carbocycles. The molecule has 0 unspecified atom stereocenters. The SMILES string of the molecule is Brc1ccc2c(c1)c1ncccc1n2-c1cc(-c2ccccc2)cc(-c2ccccc2)n1.Brc1ccc2c(c1)c1ncccc1n2-c1cc(-c2ccccc2)nc(-c2ccccc2)c1.Brc1ccc2c(c1)c1ncccc1n2-c1nc(-c2ccccc2)c2ccccc2n1.Brc1ccc2c(c1)c1ncccc1n2-c1nc(-c2ccccc2)cc(-c2ccccc2)n1. The Morgan fingerprint density at radius 1 is 0.190 bits per heavy atom. The molecular weight excluding hydrogens is 1810 g/mol. The molecule has 0 bridgehead atoms. The molecule has 24 aromatic rings. The number of pyridine rings is 6. The third-order valence-electron chi connectivity index (χ3n) is 22.2. The second-order valence-electron chi connectivity index (χ2n) is 30.1. The van der Waals surface area contributed by atoms with Crippen molar-refractivity contribution in [3.05, 3.63) is 431 Å². The fourth-order valence-corrected chi connectivity index (χ4v) is 18.0. The minimum absolute atomic E-state index is 0.625. The average molecular weight is 1880 g/mol. The number of aromatic nitrogens is 14. The van der Waals surface area contributed by atoms with Crippen LogP contribution < -0.4 is 0 Å². The standard InChI is InChI=1S/2C28H18BrN3.C27H17BrN4.C25H15BrN4/c29-22-13-14-25-23(18-22)28-26(12-7-15-30-28)32(25)27-17-21(19-8-3-1-4-9-19)16-24(31-27)20-10-5-2-6-11-20;29-21-13-14-26-23(16-21)28-27(12-7-15-30-28)32(26)22-17-24(19-8-3-1-4-9-19)31-25(18-22)20-10-5-2-6-11-20;28-20-13-14-24-21(16-20)26-25(12-7-15-29-26)32(24)27-30-22(18-8-3-1-4-9-18)17-23(31-27)19-10-5-2-6-11-19;26-17-12-13-21-19(15-17)24-22(11-6-14-27-24)30(21)25-28-20-10-5-4-9-18(20)23(29-25)16-7-2-1-3-8-16/h2*1-18H;1-17H;1-15H. The van der Waals surface area contributed by atoms with Gasteiger partial charge < -0.3 is 4.57 Å². The summed E-state index contributed by atoms with van der Waals surface area (Å²) >= 11 is 14.4. The normalized spacial score (nSPS) is 11.3. The number of fused-ring (bicyclic) bond motifs is 13. The van der Waals surface area contributed by atoms with Crippen molar-refractivity contribution in [1.29, 1.82) is 0 Å². The summed E-state index contributed by atoms with van der Waals surface area (Å²) in [6.07, 6.45) is 7.34. The van der Waals surface area contributed by atoms with Gasteiger partial charge in [-0.2, -0.15) is 0 Å². The van der Waals surface area contributed by atoms with Crippen LogP contribution in [0.25, 0.3) is 201 Å². The zero-order valence-corrected chi connectivity index (χ0v) is 73.4. The lowest BCUT2D eigenvalue weighted by Crippen LogP contribution is -2.04. The van der Waals surface area contributed by atoms with E-state index in [1.807, 2.05) is 195 Å². The van der Waals surface area contributed by atoms with Crippen molar-refractivity contribution in [2.24, 2.45) is 0 Å². The number of benzene rings is 12. The van der Waals surface area contributed by atoms with E-state index >= 15 is 0 Å². The van der Waals surface area contributed by atoms with Crippen LogP contribution in [0.15, 0.2) is 431 Å². The molecule has 0 saturated heterocycles. The summed E-state index contributed by atoms with van der Waals surface area (Å²) in [6.45, 7) is 0. The van der Waals surface area contributed by atoms with Crippen molar-refractivity contribution in [2.75, 3.05) is 0 Å². The van der Waals surface area contributed by atoms with Crippen molar-refractivity contribution in [1.82, 2.24) is 68.1 Å². The van der Waals surface area contributed by atoms with Crippen LogP contribution >= 0.6 is 63.7 Å². The summed E-state index contributed by atoms with van der Waals surface area (Å²) in [5.74, 6) is 2.14. The number of para-hydroxylation sites is 1. The Bertz CT molecular complexity index is 7450. The number of rotatable bonds is 11. The van der Waals surface area contributed by atoms with Gasteiger partial charge in [0.1, 0.15) is 5.82 Å². The minimum atomic E-state index is 0.625. The zero-order valence-electron chi connectivity index (χ0n) is 67.0. The molecule has 12 heterocycles. The molecular formula is C108H68Br4N14. The topological polar surface area (TPSA) is 149 Å². The molecule has 0 N–H and O–H groups in total. The quantitative estimate of drug-likeness (QED) is 0.122. The smallest absolute Gasteiger partial charge is 0.235 e. The second-order valence-corrected chi connectivity index (χ2v) is 33.7. The van der Waals surface area contributed by atoms with E-state index in [4.69, 9.17) is 34.9 Å². The van der Waals surface area contributed by atoms with Crippen molar-refractivity contribution in [2.45, 2.75) is 0 Å². The van der Waals surface area contributed by atoms with E-state index in [2.05, 4.69) is 315 Å². The first-order valence-corrected chi connectivity index (χ1v) is 44.1. The number of hydrogen-bond donors (Lipinski definition) is 0. The van der Waals surface area contributed by atoms with E-state index in [0.717, 1.165) is 207 Å². The Morgan fingerprint density at radius 2 is 0.508 bits per heavy atom. The van der Waals surface area contributed by atoms with E-state index < -0.39 is 0 Å². The van der Waals surface area contributed by atoms with Crippen LogP contribution in [0.2, 0.25) is 0 Å². The lowest BCUT2D eigenvalue weighted by atomic mass is 10.0. The van der Waals surface area contributed by atoms with Crippen LogP contribution in [-0.4, -0.2) is 68.1 Å². The van der Waals surface area contributed by atoms with Gasteiger partial charge in [0.25, 0.3) is 0 Å². The predicted octanol–water partition coefficient (Wildman–Crippen LogP) is 29.0. The van der Waals surface area contributed by atoms with E-state index in [1.165, 1.54) is 0 Å². The van der Waals surface area contributed by atoms with Gasteiger partial charge in [0.15, 0.2) is 0 Å². The number of nitrogens with zero attached hydrogens (tertiary/aromatic N) is 14.